The third-order valence-electron chi connectivity index (χ3n) is 7.87. The van der Waals surface area contributed by atoms with Crippen LogP contribution in [0.15, 0.2) is 56.2 Å². The Morgan fingerprint density at radius 3 is 1.17 bits per heavy atom. The average Bonchev–Trinajstić information content (AvgIpc) is 3.91. The zero-order valence-corrected chi connectivity index (χ0v) is 28.3. The predicted octanol–water partition coefficient (Wildman–Crippen LogP) is 1.81. The van der Waals surface area contributed by atoms with E-state index in [1.54, 1.807) is 37.6 Å². The molecule has 0 unspecified atom stereocenters. The molecule has 0 aliphatic rings. The van der Waals surface area contributed by atoms with Gasteiger partial charge in [0.15, 0.2) is 0 Å². The SMILES string of the molecule is CCC(COC(=O)CCNCCCn1ccnc1)(COC(=O)CCNCCCn1ccnc1)COC(=O)CCNCCCn1ccnc1. The molecule has 0 amide bonds. The third kappa shape index (κ3) is 16.7. The maximum Gasteiger partial charge on any atom is 0.307 e. The first-order valence-corrected chi connectivity index (χ1v) is 16.9. The molecular formula is C33H53N9O6. The van der Waals surface area contributed by atoms with E-state index in [0.29, 0.717) is 26.1 Å². The molecule has 0 saturated carbocycles. The van der Waals surface area contributed by atoms with Crippen LogP contribution in [0.2, 0.25) is 0 Å². The van der Waals surface area contributed by atoms with E-state index in [1.165, 1.54) is 0 Å². The third-order valence-corrected chi connectivity index (χ3v) is 7.87. The topological polar surface area (TPSA) is 168 Å². The maximum atomic E-state index is 12.6. The van der Waals surface area contributed by atoms with Crippen LogP contribution in [-0.2, 0) is 48.2 Å². The molecule has 0 aliphatic carbocycles. The number of nitrogens with zero attached hydrogens (tertiary/aromatic N) is 6. The molecule has 3 heterocycles. The van der Waals surface area contributed by atoms with E-state index < -0.39 is 5.41 Å². The summed E-state index contributed by atoms with van der Waals surface area (Å²) in [7, 11) is 0. The van der Waals surface area contributed by atoms with Crippen LogP contribution in [0, 0.1) is 5.41 Å². The van der Waals surface area contributed by atoms with Gasteiger partial charge < -0.3 is 43.9 Å². The van der Waals surface area contributed by atoms with Gasteiger partial charge in [0.05, 0.1) is 43.7 Å². The molecule has 15 heteroatoms. The van der Waals surface area contributed by atoms with Crippen LogP contribution in [-0.4, -0.2) is 106 Å². The second-order valence-corrected chi connectivity index (χ2v) is 11.8. The minimum Gasteiger partial charge on any atom is -0.465 e. The molecule has 3 rings (SSSR count). The number of carbonyl (C=O) groups excluding carboxylic acids is 3. The van der Waals surface area contributed by atoms with Crippen LogP contribution in [0.3, 0.4) is 0 Å². The Morgan fingerprint density at radius 1 is 0.562 bits per heavy atom. The van der Waals surface area contributed by atoms with Crippen molar-refractivity contribution in [1.82, 2.24) is 44.6 Å². The number of rotatable bonds is 28. The molecule has 3 N–H and O–H groups in total. The molecule has 266 valence electrons. The highest BCUT2D eigenvalue weighted by Crippen LogP contribution is 2.25. The van der Waals surface area contributed by atoms with Crippen LogP contribution in [0.25, 0.3) is 0 Å². The standard InChI is InChI=1S/C33H53N9O6/c1-2-33(24-46-30(43)6-12-34-9-3-18-40-21-15-37-27-40,25-47-31(44)7-13-35-10-4-19-41-22-16-38-28-41)26-48-32(45)8-14-36-11-5-20-42-23-17-39-29-42/h15-17,21-23,27-29,34-36H,2-14,18-20,24-26H2,1H3. The number of aromatic nitrogens is 6. The lowest BCUT2D eigenvalue weighted by Crippen LogP contribution is -2.39. The first-order valence-electron chi connectivity index (χ1n) is 16.9. The number of hydrogen-bond acceptors (Lipinski definition) is 12. The summed E-state index contributed by atoms with van der Waals surface area (Å²) in [6, 6.07) is 0. The van der Waals surface area contributed by atoms with Crippen LogP contribution >= 0.6 is 0 Å². The molecule has 3 aromatic rings. The monoisotopic (exact) mass is 671 g/mol. The van der Waals surface area contributed by atoms with E-state index in [2.05, 4.69) is 30.9 Å². The van der Waals surface area contributed by atoms with E-state index in [9.17, 15) is 14.4 Å². The van der Waals surface area contributed by atoms with Crippen LogP contribution < -0.4 is 16.0 Å². The minimum atomic E-state index is -0.852. The van der Waals surface area contributed by atoms with Gasteiger partial charge in [-0.2, -0.15) is 0 Å². The van der Waals surface area contributed by atoms with Gasteiger partial charge in [-0.3, -0.25) is 14.4 Å². The molecule has 0 aromatic carbocycles. The smallest absolute Gasteiger partial charge is 0.307 e. The predicted molar refractivity (Wildman–Crippen MR) is 179 cm³/mol. The fourth-order valence-electron chi connectivity index (χ4n) is 4.71. The van der Waals surface area contributed by atoms with E-state index in [0.717, 1.165) is 58.5 Å². The summed E-state index contributed by atoms with van der Waals surface area (Å²) >= 11 is 0. The van der Waals surface area contributed by atoms with Crippen LogP contribution in [0.1, 0.15) is 51.9 Å². The molecule has 0 radical (unpaired) electrons. The summed E-state index contributed by atoms with van der Waals surface area (Å²) in [5.41, 5.74) is -0.852. The minimum absolute atomic E-state index is 0.0253. The van der Waals surface area contributed by atoms with Crippen molar-refractivity contribution in [2.75, 3.05) is 59.1 Å². The summed E-state index contributed by atoms with van der Waals surface area (Å²) in [5.74, 6) is -1.10. The first kappa shape index (κ1) is 38.4. The van der Waals surface area contributed by atoms with E-state index in [1.807, 2.05) is 39.2 Å². The van der Waals surface area contributed by atoms with Gasteiger partial charge >= 0.3 is 17.9 Å². The van der Waals surface area contributed by atoms with Gasteiger partial charge in [0.1, 0.15) is 19.8 Å². The molecule has 48 heavy (non-hydrogen) atoms. The van der Waals surface area contributed by atoms with Gasteiger partial charge in [-0.1, -0.05) is 6.92 Å². The number of aryl methyl sites for hydroxylation is 3. The second-order valence-electron chi connectivity index (χ2n) is 11.8. The van der Waals surface area contributed by atoms with Crippen LogP contribution in [0.4, 0.5) is 0 Å². The molecule has 0 spiro atoms. The molecule has 3 aromatic heterocycles. The quantitative estimate of drug-likeness (QED) is 0.0583. The normalized spacial score (nSPS) is 11.4. The second kappa shape index (κ2) is 23.3. The summed E-state index contributed by atoms with van der Waals surface area (Å²) in [5, 5.41) is 9.77. The number of hydrogen-bond donors (Lipinski definition) is 3. The lowest BCUT2D eigenvalue weighted by atomic mass is 9.88. The van der Waals surface area contributed by atoms with Gasteiger partial charge in [0.25, 0.3) is 0 Å². The largest absolute Gasteiger partial charge is 0.465 e. The van der Waals surface area contributed by atoms with Crippen molar-refractivity contribution < 1.29 is 28.6 Å². The van der Waals surface area contributed by atoms with Crippen molar-refractivity contribution in [2.24, 2.45) is 5.41 Å². The molecule has 0 aliphatic heterocycles. The zero-order chi connectivity index (χ0) is 34.1. The van der Waals surface area contributed by atoms with Gasteiger partial charge in [-0.25, -0.2) is 15.0 Å². The Hall–Kier alpha value is -4.08. The van der Waals surface area contributed by atoms with Crippen molar-refractivity contribution >= 4 is 17.9 Å². The highest BCUT2D eigenvalue weighted by Gasteiger charge is 2.34. The van der Waals surface area contributed by atoms with E-state index in [-0.39, 0.29) is 57.0 Å². The van der Waals surface area contributed by atoms with Gasteiger partial charge in [0, 0.05) is 76.4 Å². The number of imidazole rings is 3. The lowest BCUT2D eigenvalue weighted by molar-refractivity contribution is -0.162. The summed E-state index contributed by atoms with van der Waals surface area (Å²) in [6.45, 7) is 8.09. The average molecular weight is 672 g/mol. The molecular weight excluding hydrogens is 618 g/mol. The molecule has 0 saturated heterocycles. The van der Waals surface area contributed by atoms with Crippen molar-refractivity contribution in [1.29, 1.82) is 0 Å². The van der Waals surface area contributed by atoms with Crippen molar-refractivity contribution in [3.05, 3.63) is 56.2 Å². The zero-order valence-electron chi connectivity index (χ0n) is 28.3. The van der Waals surface area contributed by atoms with E-state index >= 15 is 0 Å². The summed E-state index contributed by atoms with van der Waals surface area (Å²) in [6.07, 6.45) is 20.1. The molecule has 15 nitrogen and oxygen atoms in total. The highest BCUT2D eigenvalue weighted by molar-refractivity contribution is 5.70. The number of esters is 3. The van der Waals surface area contributed by atoms with Crippen molar-refractivity contribution in [3.8, 4) is 0 Å². The summed E-state index contributed by atoms with van der Waals surface area (Å²) < 4.78 is 22.9. The number of nitrogens with one attached hydrogen (secondary N) is 3. The van der Waals surface area contributed by atoms with Gasteiger partial charge in [0.2, 0.25) is 0 Å². The maximum absolute atomic E-state index is 12.6. The Morgan fingerprint density at radius 2 is 0.896 bits per heavy atom. The van der Waals surface area contributed by atoms with Gasteiger partial charge in [-0.15, -0.1) is 0 Å². The molecule has 0 bridgehead atoms. The van der Waals surface area contributed by atoms with Gasteiger partial charge in [-0.05, 0) is 45.3 Å². The fraction of sp³-hybridized carbons (Fsp3) is 0.636. The Labute approximate surface area is 283 Å². The Bertz CT molecular complexity index is 1100. The van der Waals surface area contributed by atoms with Crippen molar-refractivity contribution in [2.45, 2.75) is 71.5 Å². The fourth-order valence-corrected chi connectivity index (χ4v) is 4.71. The summed E-state index contributed by atoms with van der Waals surface area (Å²) in [4.78, 5) is 49.9. The number of ether oxygens (including phenoxy) is 3. The highest BCUT2D eigenvalue weighted by atomic mass is 16.6. The lowest BCUT2D eigenvalue weighted by Gasteiger charge is -2.31. The Balaban J connectivity index is 1.36. The number of carbonyl (C=O) groups is 3. The first-order chi connectivity index (χ1) is 23.5. The van der Waals surface area contributed by atoms with Crippen LogP contribution in [0.5, 0.6) is 0 Å². The Kier molecular flexibility index (Phi) is 18.6. The molecule has 0 atom stereocenters. The molecule has 0 fully saturated rings. The van der Waals surface area contributed by atoms with E-state index in [4.69, 9.17) is 14.2 Å². The van der Waals surface area contributed by atoms with Crippen molar-refractivity contribution in [3.63, 3.8) is 0 Å².